The quantitative estimate of drug-likeness (QED) is 0.738. The van der Waals surface area contributed by atoms with Crippen molar-refractivity contribution in [1.82, 2.24) is 4.90 Å². The Labute approximate surface area is 108 Å². The SMILES string of the molecule is CC1CCC(CN2CCCC(CCBr)C2)O1. The van der Waals surface area contributed by atoms with Crippen molar-refractivity contribution < 1.29 is 4.74 Å². The van der Waals surface area contributed by atoms with Gasteiger partial charge < -0.3 is 9.64 Å². The lowest BCUT2D eigenvalue weighted by Crippen LogP contribution is -2.40. The van der Waals surface area contributed by atoms with Crippen LogP contribution >= 0.6 is 15.9 Å². The molecule has 0 N–H and O–H groups in total. The second kappa shape index (κ2) is 6.36. The Morgan fingerprint density at radius 3 is 2.88 bits per heavy atom. The smallest absolute Gasteiger partial charge is 0.0706 e. The van der Waals surface area contributed by atoms with Crippen molar-refractivity contribution in [2.45, 2.75) is 51.2 Å². The maximum atomic E-state index is 5.91. The maximum Gasteiger partial charge on any atom is 0.0706 e. The van der Waals surface area contributed by atoms with Gasteiger partial charge in [0.15, 0.2) is 0 Å². The van der Waals surface area contributed by atoms with Crippen LogP contribution in [0.1, 0.15) is 39.0 Å². The first-order chi connectivity index (χ1) is 7.78. The molecule has 0 spiro atoms. The lowest BCUT2D eigenvalue weighted by molar-refractivity contribution is 0.0218. The zero-order chi connectivity index (χ0) is 11.4. The summed E-state index contributed by atoms with van der Waals surface area (Å²) in [6, 6.07) is 0. The number of alkyl halides is 1. The van der Waals surface area contributed by atoms with Crippen LogP contribution in [0, 0.1) is 5.92 Å². The van der Waals surface area contributed by atoms with Gasteiger partial charge in [0.05, 0.1) is 12.2 Å². The molecule has 3 heteroatoms. The lowest BCUT2D eigenvalue weighted by Gasteiger charge is -2.34. The van der Waals surface area contributed by atoms with E-state index in [0.29, 0.717) is 12.2 Å². The van der Waals surface area contributed by atoms with Crippen molar-refractivity contribution in [2.75, 3.05) is 25.0 Å². The molecule has 0 aliphatic carbocycles. The fourth-order valence-electron chi connectivity index (χ4n) is 3.01. The van der Waals surface area contributed by atoms with Gasteiger partial charge in [-0.1, -0.05) is 15.9 Å². The molecule has 2 nitrogen and oxygen atoms in total. The van der Waals surface area contributed by atoms with Crippen LogP contribution in [0.5, 0.6) is 0 Å². The number of halogens is 1. The number of likely N-dealkylation sites (tertiary alicyclic amines) is 1. The Morgan fingerprint density at radius 1 is 1.31 bits per heavy atom. The van der Waals surface area contributed by atoms with Crippen molar-refractivity contribution in [3.8, 4) is 0 Å². The van der Waals surface area contributed by atoms with Crippen LogP contribution in [-0.4, -0.2) is 42.1 Å². The van der Waals surface area contributed by atoms with E-state index in [-0.39, 0.29) is 0 Å². The highest BCUT2D eigenvalue weighted by Gasteiger charge is 2.26. The second-order valence-corrected chi connectivity index (χ2v) is 6.18. The molecule has 0 radical (unpaired) electrons. The van der Waals surface area contributed by atoms with Crippen LogP contribution in [0.3, 0.4) is 0 Å². The molecule has 3 atom stereocenters. The molecule has 16 heavy (non-hydrogen) atoms. The Balaban J connectivity index is 1.72. The third-order valence-electron chi connectivity index (χ3n) is 3.90. The number of nitrogens with zero attached hydrogens (tertiary/aromatic N) is 1. The van der Waals surface area contributed by atoms with E-state index in [1.807, 2.05) is 0 Å². The number of rotatable bonds is 4. The largest absolute Gasteiger partial charge is 0.374 e. The molecule has 0 aromatic carbocycles. The predicted octanol–water partition coefficient (Wildman–Crippen LogP) is 3.05. The fraction of sp³-hybridized carbons (Fsp3) is 1.00. The van der Waals surface area contributed by atoms with E-state index >= 15 is 0 Å². The van der Waals surface area contributed by atoms with Gasteiger partial charge in [0.1, 0.15) is 0 Å². The van der Waals surface area contributed by atoms with E-state index in [0.717, 1.165) is 11.2 Å². The van der Waals surface area contributed by atoms with E-state index in [9.17, 15) is 0 Å². The monoisotopic (exact) mass is 289 g/mol. The second-order valence-electron chi connectivity index (χ2n) is 5.39. The molecule has 0 bridgehead atoms. The fourth-order valence-corrected chi connectivity index (χ4v) is 3.66. The van der Waals surface area contributed by atoms with Crippen molar-refractivity contribution in [3.63, 3.8) is 0 Å². The molecule has 94 valence electrons. The summed E-state index contributed by atoms with van der Waals surface area (Å²) < 4.78 is 5.91. The highest BCUT2D eigenvalue weighted by molar-refractivity contribution is 9.09. The topological polar surface area (TPSA) is 12.5 Å². The molecule has 0 aromatic heterocycles. The van der Waals surface area contributed by atoms with E-state index in [1.54, 1.807) is 0 Å². The summed E-state index contributed by atoms with van der Waals surface area (Å²) in [6.45, 7) is 5.94. The zero-order valence-corrected chi connectivity index (χ0v) is 11.9. The van der Waals surface area contributed by atoms with Crippen LogP contribution in [0.4, 0.5) is 0 Å². The van der Waals surface area contributed by atoms with Crippen LogP contribution in [0.15, 0.2) is 0 Å². The average molecular weight is 290 g/mol. The first-order valence-electron chi connectivity index (χ1n) is 6.71. The molecule has 2 rings (SSSR count). The van der Waals surface area contributed by atoms with Gasteiger partial charge in [-0.05, 0) is 51.5 Å². The van der Waals surface area contributed by atoms with Gasteiger partial charge in [-0.3, -0.25) is 0 Å². The summed E-state index contributed by atoms with van der Waals surface area (Å²) >= 11 is 3.56. The number of piperidine rings is 1. The molecule has 0 saturated carbocycles. The van der Waals surface area contributed by atoms with Gasteiger partial charge in [0.2, 0.25) is 0 Å². The van der Waals surface area contributed by atoms with Crippen molar-refractivity contribution in [1.29, 1.82) is 0 Å². The molecule has 2 aliphatic rings. The summed E-state index contributed by atoms with van der Waals surface area (Å²) in [4.78, 5) is 2.62. The molecule has 2 saturated heterocycles. The van der Waals surface area contributed by atoms with Crippen LogP contribution < -0.4 is 0 Å². The first kappa shape index (κ1) is 12.8. The minimum Gasteiger partial charge on any atom is -0.374 e. The Bertz CT molecular complexity index is 210. The average Bonchev–Trinajstić information content (AvgIpc) is 2.65. The normalized spacial score (nSPS) is 36.8. The minimum atomic E-state index is 0.494. The summed E-state index contributed by atoms with van der Waals surface area (Å²) in [6.07, 6.45) is 7.65. The van der Waals surface area contributed by atoms with E-state index in [1.165, 1.54) is 51.7 Å². The van der Waals surface area contributed by atoms with Crippen molar-refractivity contribution >= 4 is 15.9 Å². The Hall–Kier alpha value is 0.400. The van der Waals surface area contributed by atoms with Gasteiger partial charge in [-0.25, -0.2) is 0 Å². The summed E-state index contributed by atoms with van der Waals surface area (Å²) in [7, 11) is 0. The van der Waals surface area contributed by atoms with Gasteiger partial charge in [-0.15, -0.1) is 0 Å². The summed E-state index contributed by atoms with van der Waals surface area (Å²) in [5.41, 5.74) is 0. The predicted molar refractivity (Wildman–Crippen MR) is 71.1 cm³/mol. The molecule has 3 unspecified atom stereocenters. The van der Waals surface area contributed by atoms with E-state index in [2.05, 4.69) is 27.8 Å². The highest BCUT2D eigenvalue weighted by Crippen LogP contribution is 2.24. The third kappa shape index (κ3) is 3.71. The van der Waals surface area contributed by atoms with Crippen molar-refractivity contribution in [2.24, 2.45) is 5.92 Å². The molecule has 2 fully saturated rings. The lowest BCUT2D eigenvalue weighted by atomic mass is 9.95. The number of ether oxygens (including phenoxy) is 1. The minimum absolute atomic E-state index is 0.494. The maximum absolute atomic E-state index is 5.91. The summed E-state index contributed by atoms with van der Waals surface area (Å²) in [5, 5.41) is 1.16. The highest BCUT2D eigenvalue weighted by atomic mass is 79.9. The molecular formula is C13H24BrNO. The molecule has 2 aliphatic heterocycles. The van der Waals surface area contributed by atoms with Crippen LogP contribution in [0.2, 0.25) is 0 Å². The number of hydrogen-bond donors (Lipinski definition) is 0. The molecule has 2 heterocycles. The van der Waals surface area contributed by atoms with E-state index in [4.69, 9.17) is 4.74 Å². The summed E-state index contributed by atoms with van der Waals surface area (Å²) in [5.74, 6) is 0.909. The van der Waals surface area contributed by atoms with Gasteiger partial charge in [0, 0.05) is 18.4 Å². The van der Waals surface area contributed by atoms with Crippen LogP contribution in [-0.2, 0) is 4.74 Å². The first-order valence-corrected chi connectivity index (χ1v) is 7.84. The third-order valence-corrected chi connectivity index (χ3v) is 4.36. The Morgan fingerprint density at radius 2 is 2.19 bits per heavy atom. The molecular weight excluding hydrogens is 266 g/mol. The molecule has 0 amide bonds. The Kier molecular flexibility index (Phi) is 5.11. The van der Waals surface area contributed by atoms with Gasteiger partial charge in [0.25, 0.3) is 0 Å². The van der Waals surface area contributed by atoms with Crippen molar-refractivity contribution in [3.05, 3.63) is 0 Å². The van der Waals surface area contributed by atoms with Crippen LogP contribution in [0.25, 0.3) is 0 Å². The standard InChI is InChI=1S/C13H24BrNO/c1-11-4-5-13(16-11)10-15-8-2-3-12(9-15)6-7-14/h11-13H,2-10H2,1H3. The van der Waals surface area contributed by atoms with Gasteiger partial charge in [-0.2, -0.15) is 0 Å². The zero-order valence-electron chi connectivity index (χ0n) is 10.3. The number of hydrogen-bond acceptors (Lipinski definition) is 2. The molecule has 0 aromatic rings. The van der Waals surface area contributed by atoms with Gasteiger partial charge >= 0.3 is 0 Å². The van der Waals surface area contributed by atoms with E-state index < -0.39 is 0 Å².